The lowest BCUT2D eigenvalue weighted by atomic mass is 10.4. The van der Waals surface area contributed by atoms with Crippen molar-refractivity contribution in [3.05, 3.63) is 12.0 Å². The number of hydrogen-bond acceptors (Lipinski definition) is 6. The van der Waals surface area contributed by atoms with Gasteiger partial charge in [-0.05, 0) is 10.4 Å². The summed E-state index contributed by atoms with van der Waals surface area (Å²) in [5, 5.41) is 13.9. The average molecular weight is 137 g/mol. The van der Waals surface area contributed by atoms with E-state index in [9.17, 15) is 0 Å². The molecule has 0 saturated carbocycles. The summed E-state index contributed by atoms with van der Waals surface area (Å²) in [4.78, 5) is 4.70. The van der Waals surface area contributed by atoms with Gasteiger partial charge in [0.2, 0.25) is 5.82 Å². The number of nitrogens with one attached hydrogen (secondary N) is 1. The first kappa shape index (κ1) is 5.10. The summed E-state index contributed by atoms with van der Waals surface area (Å²) in [6.45, 7) is 0. The smallest absolute Gasteiger partial charge is 0.211 e. The summed E-state index contributed by atoms with van der Waals surface area (Å²) in [7, 11) is 0. The van der Waals surface area contributed by atoms with E-state index in [1.807, 2.05) is 0 Å². The average Bonchev–Trinajstić information content (AvgIpc) is 2.05. The van der Waals surface area contributed by atoms with E-state index in [1.54, 1.807) is 6.08 Å². The van der Waals surface area contributed by atoms with Gasteiger partial charge >= 0.3 is 0 Å². The topological polar surface area (TPSA) is 72.8 Å². The Morgan fingerprint density at radius 2 is 2.20 bits per heavy atom. The molecule has 0 aromatic carbocycles. The Morgan fingerprint density at radius 3 is 3.10 bits per heavy atom. The van der Waals surface area contributed by atoms with Crippen LogP contribution in [0.25, 0.3) is 6.08 Å². The highest BCUT2D eigenvalue weighted by Crippen LogP contribution is 2.11. The van der Waals surface area contributed by atoms with Crippen molar-refractivity contribution in [3.8, 4) is 0 Å². The van der Waals surface area contributed by atoms with Crippen molar-refractivity contribution >= 4 is 11.9 Å². The second kappa shape index (κ2) is 1.90. The lowest BCUT2D eigenvalue weighted by molar-refractivity contribution is 0.324. The van der Waals surface area contributed by atoms with Gasteiger partial charge in [0.15, 0.2) is 0 Å². The summed E-state index contributed by atoms with van der Waals surface area (Å²) < 4.78 is 0. The summed E-state index contributed by atoms with van der Waals surface area (Å²) in [5.41, 5.74) is 3.13. The molecule has 0 fully saturated rings. The third-order valence-electron chi connectivity index (χ3n) is 1.03. The first-order valence-corrected chi connectivity index (χ1v) is 2.61. The number of fused-ring (bicyclic) bond motifs is 1. The van der Waals surface area contributed by atoms with Crippen molar-refractivity contribution in [2.75, 3.05) is 5.48 Å². The predicted molar refractivity (Wildman–Crippen MR) is 31.4 cm³/mol. The fraction of sp³-hybridized carbons (Fsp3) is 0. The zero-order valence-electron chi connectivity index (χ0n) is 4.85. The molecule has 1 aromatic rings. The van der Waals surface area contributed by atoms with Gasteiger partial charge in [0.05, 0.1) is 0 Å². The van der Waals surface area contributed by atoms with E-state index in [1.165, 1.54) is 6.26 Å². The molecule has 2 rings (SSSR count). The highest BCUT2D eigenvalue weighted by molar-refractivity contribution is 5.58. The van der Waals surface area contributed by atoms with Crippen LogP contribution in [0.1, 0.15) is 5.69 Å². The zero-order chi connectivity index (χ0) is 6.81. The van der Waals surface area contributed by atoms with Crippen molar-refractivity contribution < 1.29 is 4.84 Å². The molecule has 6 heteroatoms. The molecule has 0 aliphatic carbocycles. The molecule has 10 heavy (non-hydrogen) atoms. The van der Waals surface area contributed by atoms with Crippen LogP contribution in [0.2, 0.25) is 0 Å². The van der Waals surface area contributed by atoms with E-state index >= 15 is 0 Å². The number of aromatic nitrogens is 4. The fourth-order valence-corrected chi connectivity index (χ4v) is 0.605. The molecule has 0 radical (unpaired) electrons. The van der Waals surface area contributed by atoms with Gasteiger partial charge in [-0.3, -0.25) is 0 Å². The summed E-state index contributed by atoms with van der Waals surface area (Å²) in [5.74, 6) is 0.484. The van der Waals surface area contributed by atoms with E-state index in [-0.39, 0.29) is 0 Å². The second-order valence-corrected chi connectivity index (χ2v) is 1.64. The largest absolute Gasteiger partial charge is 0.388 e. The van der Waals surface area contributed by atoms with E-state index in [0.29, 0.717) is 11.5 Å². The van der Waals surface area contributed by atoms with E-state index in [0.717, 1.165) is 0 Å². The van der Waals surface area contributed by atoms with Gasteiger partial charge in [0.1, 0.15) is 12.0 Å². The Morgan fingerprint density at radius 1 is 1.30 bits per heavy atom. The first-order valence-electron chi connectivity index (χ1n) is 2.61. The minimum atomic E-state index is 0.484. The molecule has 1 N–H and O–H groups in total. The quantitative estimate of drug-likeness (QED) is 0.524. The summed E-state index contributed by atoms with van der Waals surface area (Å²) >= 11 is 0. The Balaban J connectivity index is 2.54. The van der Waals surface area contributed by atoms with Crippen LogP contribution in [-0.4, -0.2) is 20.6 Å². The van der Waals surface area contributed by atoms with Gasteiger partial charge in [0.25, 0.3) is 0 Å². The number of rotatable bonds is 0. The van der Waals surface area contributed by atoms with Crippen LogP contribution >= 0.6 is 0 Å². The van der Waals surface area contributed by atoms with Crippen LogP contribution in [0.4, 0.5) is 5.82 Å². The van der Waals surface area contributed by atoms with Gasteiger partial charge in [-0.25, -0.2) is 5.48 Å². The number of anilines is 1. The molecule has 2 heterocycles. The summed E-state index contributed by atoms with van der Waals surface area (Å²) in [6.07, 6.45) is 3.10. The normalized spacial score (nSPS) is 13.2. The molecule has 0 bridgehead atoms. The molecule has 0 saturated heterocycles. The van der Waals surface area contributed by atoms with Gasteiger partial charge in [0, 0.05) is 6.08 Å². The third kappa shape index (κ3) is 0.661. The lowest BCUT2D eigenvalue weighted by Gasteiger charge is -2.07. The molecule has 1 aromatic heterocycles. The molecule has 6 nitrogen and oxygen atoms in total. The van der Waals surface area contributed by atoms with Crippen molar-refractivity contribution in [2.24, 2.45) is 0 Å². The van der Waals surface area contributed by atoms with Crippen LogP contribution in [0, 0.1) is 0 Å². The van der Waals surface area contributed by atoms with E-state index in [2.05, 4.69) is 26.1 Å². The van der Waals surface area contributed by atoms with Gasteiger partial charge in [-0.1, -0.05) is 0 Å². The molecule has 0 unspecified atom stereocenters. The number of hydrogen-bond donors (Lipinski definition) is 1. The SMILES string of the molecule is C1=Cc2nnnnc2NO1. The number of nitrogens with zero attached hydrogens (tertiary/aromatic N) is 4. The summed E-state index contributed by atoms with van der Waals surface area (Å²) in [6, 6.07) is 0. The van der Waals surface area contributed by atoms with Gasteiger partial charge < -0.3 is 4.84 Å². The van der Waals surface area contributed by atoms with Gasteiger partial charge in [-0.2, -0.15) is 0 Å². The van der Waals surface area contributed by atoms with Crippen LogP contribution < -0.4 is 5.48 Å². The minimum absolute atomic E-state index is 0.484. The predicted octanol–water partition coefficient (Wildman–Crippen LogP) is -0.406. The molecule has 0 amide bonds. The van der Waals surface area contributed by atoms with Crippen LogP contribution in [0.5, 0.6) is 0 Å². The van der Waals surface area contributed by atoms with Crippen molar-refractivity contribution in [1.29, 1.82) is 0 Å². The molecule has 0 spiro atoms. The van der Waals surface area contributed by atoms with Crippen molar-refractivity contribution in [2.45, 2.75) is 0 Å². The molecule has 0 atom stereocenters. The van der Waals surface area contributed by atoms with Crippen LogP contribution in [-0.2, 0) is 4.84 Å². The van der Waals surface area contributed by atoms with Crippen LogP contribution in [0.3, 0.4) is 0 Å². The third-order valence-corrected chi connectivity index (χ3v) is 1.03. The Kier molecular flexibility index (Phi) is 0.970. The molecular weight excluding hydrogens is 134 g/mol. The molecular formula is C4H3N5O. The Hall–Kier alpha value is -1.72. The maximum atomic E-state index is 4.70. The maximum Gasteiger partial charge on any atom is 0.211 e. The van der Waals surface area contributed by atoms with Gasteiger partial charge in [-0.15, -0.1) is 10.2 Å². The molecule has 50 valence electrons. The first-order chi connectivity index (χ1) is 4.97. The monoisotopic (exact) mass is 137 g/mol. The molecule has 1 aliphatic heterocycles. The van der Waals surface area contributed by atoms with Crippen LogP contribution in [0.15, 0.2) is 6.26 Å². The second-order valence-electron chi connectivity index (χ2n) is 1.64. The lowest BCUT2D eigenvalue weighted by Crippen LogP contribution is -2.08. The Labute approximate surface area is 55.9 Å². The standard InChI is InChI=1S/C4H3N5O/c1-2-10-7-4-3(1)5-8-9-6-4/h1-2H,(H,6,7,8). The highest BCUT2D eigenvalue weighted by atomic mass is 16.6. The fourth-order valence-electron chi connectivity index (χ4n) is 0.605. The van der Waals surface area contributed by atoms with Crippen molar-refractivity contribution in [3.63, 3.8) is 0 Å². The Bertz CT molecular complexity index is 272. The highest BCUT2D eigenvalue weighted by Gasteiger charge is 2.06. The van der Waals surface area contributed by atoms with Crippen molar-refractivity contribution in [1.82, 2.24) is 20.6 Å². The van der Waals surface area contributed by atoms with E-state index < -0.39 is 0 Å². The maximum absolute atomic E-state index is 4.70. The van der Waals surface area contributed by atoms with E-state index in [4.69, 9.17) is 4.84 Å². The minimum Gasteiger partial charge on any atom is -0.388 e. The molecule has 1 aliphatic rings. The zero-order valence-corrected chi connectivity index (χ0v) is 4.85.